The molecule has 0 saturated carbocycles. The normalized spacial score (nSPS) is 10.1. The van der Waals surface area contributed by atoms with Crippen molar-refractivity contribution in [1.82, 2.24) is 9.79 Å². The zero-order chi connectivity index (χ0) is 19.4. The number of hydrogen-bond acceptors (Lipinski definition) is 8. The summed E-state index contributed by atoms with van der Waals surface area (Å²) in [7, 11) is 0. The number of aromatic hydroxyl groups is 2. The first-order valence-corrected chi connectivity index (χ1v) is 7.14. The number of carbonyl (C=O) groups is 4. The van der Waals surface area contributed by atoms with Crippen LogP contribution in [0.1, 0.15) is 33.2 Å². The second-order valence-corrected chi connectivity index (χ2v) is 5.14. The van der Waals surface area contributed by atoms with Gasteiger partial charge in [-0.25, -0.2) is 9.59 Å². The van der Waals surface area contributed by atoms with Gasteiger partial charge in [-0.1, -0.05) is 0 Å². The number of aryl methyl sites for hydroxylation is 1. The average Bonchev–Trinajstić information content (AvgIpc) is 2.90. The summed E-state index contributed by atoms with van der Waals surface area (Å²) in [5.41, 5.74) is 0.267. The Kier molecular flexibility index (Phi) is 5.26. The van der Waals surface area contributed by atoms with Crippen LogP contribution in [0.5, 0.6) is 11.8 Å². The first kappa shape index (κ1) is 18.5. The second-order valence-electron chi connectivity index (χ2n) is 5.14. The Bertz CT molecular complexity index is 867. The minimum Gasteiger partial charge on any atom is -0.492 e. The van der Waals surface area contributed by atoms with E-state index in [0.717, 1.165) is 25.1 Å². The van der Waals surface area contributed by atoms with Crippen molar-refractivity contribution in [2.24, 2.45) is 0 Å². The summed E-state index contributed by atoms with van der Waals surface area (Å²) in [5.74, 6) is -3.85. The third kappa shape index (κ3) is 3.98. The van der Waals surface area contributed by atoms with Gasteiger partial charge < -0.3 is 19.9 Å². The molecule has 0 aliphatic heterocycles. The van der Waals surface area contributed by atoms with E-state index in [9.17, 15) is 29.4 Å². The van der Waals surface area contributed by atoms with Gasteiger partial charge in [-0.05, 0) is 30.7 Å². The molecule has 1 aromatic heterocycles. The lowest BCUT2D eigenvalue weighted by atomic mass is 10.1. The standard InChI is InChI=1S/C16H14N2O8/c1-9-5-11(15(23)25-17(8-19)10(2)20)7-12(6-9)16(24)26-18-13(21)3-4-14(18)22/h3-8,21-22H,1-2H3. The molecule has 2 rings (SSSR count). The number of rotatable bonds is 4. The molecule has 2 N–H and O–H groups in total. The maximum Gasteiger partial charge on any atom is 0.363 e. The fourth-order valence-corrected chi connectivity index (χ4v) is 1.95. The van der Waals surface area contributed by atoms with E-state index in [2.05, 4.69) is 4.84 Å². The molecule has 2 amide bonds. The Morgan fingerprint density at radius 2 is 1.58 bits per heavy atom. The van der Waals surface area contributed by atoms with Crippen LogP contribution in [-0.2, 0) is 14.4 Å². The fraction of sp³-hybridized carbons (Fsp3) is 0.125. The molecule has 10 nitrogen and oxygen atoms in total. The van der Waals surface area contributed by atoms with Gasteiger partial charge >= 0.3 is 11.9 Å². The van der Waals surface area contributed by atoms with Crippen LogP contribution in [0.25, 0.3) is 0 Å². The molecule has 0 fully saturated rings. The summed E-state index contributed by atoms with van der Waals surface area (Å²) in [6.07, 6.45) is 0.0306. The van der Waals surface area contributed by atoms with E-state index in [4.69, 9.17) is 4.84 Å². The molecule has 26 heavy (non-hydrogen) atoms. The number of benzene rings is 1. The van der Waals surface area contributed by atoms with Crippen LogP contribution < -0.4 is 4.84 Å². The van der Waals surface area contributed by atoms with Crippen LogP contribution in [-0.4, -0.2) is 44.3 Å². The molecule has 1 heterocycles. The number of imide groups is 1. The van der Waals surface area contributed by atoms with Gasteiger partial charge in [0.05, 0.1) is 11.1 Å². The van der Waals surface area contributed by atoms with Crippen molar-refractivity contribution >= 4 is 24.3 Å². The largest absolute Gasteiger partial charge is 0.492 e. The number of hydrogen-bond donors (Lipinski definition) is 2. The molecule has 2 aromatic rings. The van der Waals surface area contributed by atoms with Gasteiger partial charge in [0.15, 0.2) is 0 Å². The smallest absolute Gasteiger partial charge is 0.363 e. The number of carbonyl (C=O) groups excluding carboxylic acids is 4. The van der Waals surface area contributed by atoms with E-state index >= 15 is 0 Å². The predicted octanol–water partition coefficient (Wildman–Crippen LogP) is 0.553. The van der Waals surface area contributed by atoms with Crippen LogP contribution >= 0.6 is 0 Å². The third-order valence-electron chi connectivity index (χ3n) is 3.11. The molecule has 0 spiro atoms. The molecule has 0 unspecified atom stereocenters. The Morgan fingerprint density at radius 3 is 2.08 bits per heavy atom. The Hall–Kier alpha value is -3.82. The Balaban J connectivity index is 2.26. The van der Waals surface area contributed by atoms with E-state index in [0.29, 0.717) is 10.3 Å². The lowest BCUT2D eigenvalue weighted by Gasteiger charge is -2.13. The van der Waals surface area contributed by atoms with Gasteiger partial charge in [0, 0.05) is 19.1 Å². The predicted molar refractivity (Wildman–Crippen MR) is 83.9 cm³/mol. The summed E-state index contributed by atoms with van der Waals surface area (Å²) < 4.78 is 0.493. The molecule has 0 saturated heterocycles. The molecule has 136 valence electrons. The van der Waals surface area contributed by atoms with Gasteiger partial charge in [0.25, 0.3) is 12.3 Å². The molecule has 0 aliphatic rings. The Labute approximate surface area is 146 Å². The highest BCUT2D eigenvalue weighted by Crippen LogP contribution is 2.20. The van der Waals surface area contributed by atoms with Crippen LogP contribution in [0, 0.1) is 6.92 Å². The van der Waals surface area contributed by atoms with E-state index in [-0.39, 0.29) is 22.6 Å². The first-order chi connectivity index (χ1) is 12.2. The van der Waals surface area contributed by atoms with Crippen LogP contribution in [0.4, 0.5) is 0 Å². The number of amides is 2. The summed E-state index contributed by atoms with van der Waals surface area (Å²) in [6.45, 7) is 2.61. The third-order valence-corrected chi connectivity index (χ3v) is 3.11. The van der Waals surface area contributed by atoms with E-state index in [1.165, 1.54) is 12.1 Å². The minimum atomic E-state index is -1.04. The van der Waals surface area contributed by atoms with Crippen molar-refractivity contribution in [1.29, 1.82) is 0 Å². The van der Waals surface area contributed by atoms with E-state index in [1.54, 1.807) is 6.92 Å². The van der Waals surface area contributed by atoms with Crippen molar-refractivity contribution in [2.75, 3.05) is 0 Å². The molecular formula is C16H14N2O8. The van der Waals surface area contributed by atoms with Crippen molar-refractivity contribution < 1.29 is 39.1 Å². The van der Waals surface area contributed by atoms with Gasteiger partial charge in [-0.3, -0.25) is 9.59 Å². The zero-order valence-electron chi connectivity index (χ0n) is 13.7. The summed E-state index contributed by atoms with van der Waals surface area (Å²) >= 11 is 0. The molecule has 0 radical (unpaired) electrons. The SMILES string of the molecule is CC(=O)N(C=O)OC(=O)c1cc(C)cc(C(=O)On2c(O)ccc2O)c1. The van der Waals surface area contributed by atoms with Gasteiger partial charge in [-0.15, -0.1) is 9.79 Å². The number of aromatic nitrogens is 1. The topological polar surface area (TPSA) is 135 Å². The molecule has 1 aromatic carbocycles. The summed E-state index contributed by atoms with van der Waals surface area (Å²) in [6, 6.07) is 6.08. The van der Waals surface area contributed by atoms with Crippen molar-refractivity contribution in [2.45, 2.75) is 13.8 Å². The van der Waals surface area contributed by atoms with E-state index < -0.39 is 29.6 Å². The molecule has 0 bridgehead atoms. The average molecular weight is 362 g/mol. The summed E-state index contributed by atoms with van der Waals surface area (Å²) in [4.78, 5) is 55.5. The monoisotopic (exact) mass is 362 g/mol. The van der Waals surface area contributed by atoms with Crippen molar-refractivity contribution in [3.8, 4) is 11.8 Å². The zero-order valence-corrected chi connectivity index (χ0v) is 13.7. The fourth-order valence-electron chi connectivity index (χ4n) is 1.95. The van der Waals surface area contributed by atoms with Gasteiger partial charge in [-0.2, -0.15) is 0 Å². The second kappa shape index (κ2) is 7.38. The molecule has 0 atom stereocenters. The first-order valence-electron chi connectivity index (χ1n) is 7.14. The highest BCUT2D eigenvalue weighted by Gasteiger charge is 2.20. The number of hydroxylamine groups is 2. The van der Waals surface area contributed by atoms with Gasteiger partial charge in [0.2, 0.25) is 11.8 Å². The van der Waals surface area contributed by atoms with Gasteiger partial charge in [0.1, 0.15) is 0 Å². The molecular weight excluding hydrogens is 348 g/mol. The summed E-state index contributed by atoms with van der Waals surface area (Å²) in [5, 5.41) is 19.2. The molecule has 10 heteroatoms. The van der Waals surface area contributed by atoms with Crippen LogP contribution in [0.3, 0.4) is 0 Å². The van der Waals surface area contributed by atoms with E-state index in [1.807, 2.05) is 0 Å². The van der Waals surface area contributed by atoms with Crippen molar-refractivity contribution in [3.63, 3.8) is 0 Å². The minimum absolute atomic E-state index is 0.0306. The molecule has 0 aliphatic carbocycles. The van der Waals surface area contributed by atoms with Crippen LogP contribution in [0.2, 0.25) is 0 Å². The highest BCUT2D eigenvalue weighted by molar-refractivity contribution is 5.96. The maximum atomic E-state index is 12.2. The lowest BCUT2D eigenvalue weighted by molar-refractivity contribution is -0.169. The van der Waals surface area contributed by atoms with Crippen LogP contribution in [0.15, 0.2) is 30.3 Å². The number of nitrogens with zero attached hydrogens (tertiary/aromatic N) is 2. The Morgan fingerprint density at radius 1 is 1.04 bits per heavy atom. The quantitative estimate of drug-likeness (QED) is 0.595. The maximum absolute atomic E-state index is 12.2. The lowest BCUT2D eigenvalue weighted by Crippen LogP contribution is -2.30. The highest BCUT2D eigenvalue weighted by atomic mass is 16.7. The van der Waals surface area contributed by atoms with Crippen molar-refractivity contribution in [3.05, 3.63) is 47.0 Å².